The van der Waals surface area contributed by atoms with Gasteiger partial charge in [0.25, 0.3) is 0 Å². The summed E-state index contributed by atoms with van der Waals surface area (Å²) in [6.45, 7) is 4.70. The molecule has 0 N–H and O–H groups in total. The SMILES string of the molecule is CC1CCC(C2CCC(C(OC(c3cccc(F)c3F)C3CCC(C4CCC(C)CC4)CC3)c3cccc(F)c3F)CC2)CC1. The van der Waals surface area contributed by atoms with Crippen LogP contribution in [-0.4, -0.2) is 0 Å². The predicted molar refractivity (Wildman–Crippen MR) is 172 cm³/mol. The highest BCUT2D eigenvalue weighted by atomic mass is 19.2. The zero-order valence-corrected chi connectivity index (χ0v) is 27.5. The fourth-order valence-electron chi connectivity index (χ4n) is 9.87. The van der Waals surface area contributed by atoms with Crippen LogP contribution in [0.5, 0.6) is 0 Å². The van der Waals surface area contributed by atoms with Crippen LogP contribution in [0.4, 0.5) is 17.6 Å². The van der Waals surface area contributed by atoms with Gasteiger partial charge in [-0.25, -0.2) is 17.6 Å². The van der Waals surface area contributed by atoms with Crippen molar-refractivity contribution in [2.45, 2.75) is 129 Å². The Bertz CT molecular complexity index is 1140. The van der Waals surface area contributed by atoms with Crippen molar-refractivity contribution in [1.29, 1.82) is 0 Å². The lowest BCUT2D eigenvalue weighted by molar-refractivity contribution is -0.0961. The summed E-state index contributed by atoms with van der Waals surface area (Å²) in [7, 11) is 0. The summed E-state index contributed by atoms with van der Waals surface area (Å²) in [6, 6.07) is 8.66. The zero-order chi connectivity index (χ0) is 31.5. The molecule has 248 valence electrons. The third kappa shape index (κ3) is 7.65. The van der Waals surface area contributed by atoms with Crippen molar-refractivity contribution >= 4 is 0 Å². The van der Waals surface area contributed by atoms with Crippen molar-refractivity contribution in [2.75, 3.05) is 0 Å². The number of hydrogen-bond acceptors (Lipinski definition) is 1. The fraction of sp³-hybridized carbons (Fsp3) is 0.700. The van der Waals surface area contributed by atoms with E-state index in [1.54, 1.807) is 24.3 Å². The number of ether oxygens (including phenoxy) is 1. The van der Waals surface area contributed by atoms with Gasteiger partial charge in [-0.3, -0.25) is 0 Å². The van der Waals surface area contributed by atoms with Crippen LogP contribution in [0.3, 0.4) is 0 Å². The first kappa shape index (κ1) is 33.0. The minimum Gasteiger partial charge on any atom is -0.365 e. The van der Waals surface area contributed by atoms with E-state index in [0.717, 1.165) is 87.2 Å². The number of rotatable bonds is 8. The summed E-state index contributed by atoms with van der Waals surface area (Å²) in [5.41, 5.74) is 0.438. The maximum atomic E-state index is 15.5. The first-order chi connectivity index (χ1) is 21.8. The van der Waals surface area contributed by atoms with Crippen molar-refractivity contribution < 1.29 is 22.3 Å². The summed E-state index contributed by atoms with van der Waals surface area (Å²) < 4.78 is 67.4. The second-order valence-electron chi connectivity index (χ2n) is 15.7. The quantitative estimate of drug-likeness (QED) is 0.265. The van der Waals surface area contributed by atoms with Gasteiger partial charge in [-0.2, -0.15) is 0 Å². The van der Waals surface area contributed by atoms with Crippen LogP contribution >= 0.6 is 0 Å². The van der Waals surface area contributed by atoms with Gasteiger partial charge in [0.15, 0.2) is 23.3 Å². The molecule has 45 heavy (non-hydrogen) atoms. The minimum absolute atomic E-state index is 0.000230. The van der Waals surface area contributed by atoms with Crippen LogP contribution in [0.1, 0.15) is 140 Å². The molecule has 4 fully saturated rings. The van der Waals surface area contributed by atoms with Crippen LogP contribution in [-0.2, 0) is 4.74 Å². The van der Waals surface area contributed by atoms with Crippen LogP contribution in [0.25, 0.3) is 0 Å². The van der Waals surface area contributed by atoms with E-state index in [1.807, 2.05) is 0 Å². The normalized spacial score (nSPS) is 34.3. The molecular formula is C40H54F4O. The van der Waals surface area contributed by atoms with Gasteiger partial charge in [0.1, 0.15) is 0 Å². The van der Waals surface area contributed by atoms with E-state index in [2.05, 4.69) is 13.8 Å². The highest BCUT2D eigenvalue weighted by Gasteiger charge is 2.40. The van der Waals surface area contributed by atoms with Crippen molar-refractivity contribution in [3.63, 3.8) is 0 Å². The van der Waals surface area contributed by atoms with Gasteiger partial charge in [0.05, 0.1) is 12.2 Å². The Hall–Kier alpha value is -1.88. The molecule has 0 saturated heterocycles. The van der Waals surface area contributed by atoms with Gasteiger partial charge in [-0.05, 0) is 137 Å². The van der Waals surface area contributed by atoms with Crippen LogP contribution in [0.2, 0.25) is 0 Å². The molecule has 2 atom stereocenters. The molecule has 0 heterocycles. The summed E-state index contributed by atoms with van der Waals surface area (Å²) in [4.78, 5) is 0. The lowest BCUT2D eigenvalue weighted by atomic mass is 9.67. The standard InChI is InChI=1S/C40H54F4O/c1-25-9-13-27(14-10-25)29-17-21-31(22-18-29)39(33-5-3-7-35(41)37(33)43)45-40(34-6-4-8-36(42)38(34)44)32-23-19-30(20-24-32)28-15-11-26(2)12-16-28/h3-8,25-32,39-40H,9-24H2,1-2H3. The average Bonchev–Trinajstić information content (AvgIpc) is 3.06. The zero-order valence-electron chi connectivity index (χ0n) is 27.5. The predicted octanol–water partition coefficient (Wildman–Crippen LogP) is 12.3. The molecular weight excluding hydrogens is 572 g/mol. The van der Waals surface area contributed by atoms with Crippen molar-refractivity contribution in [2.24, 2.45) is 47.3 Å². The minimum atomic E-state index is -0.887. The molecule has 6 rings (SSSR count). The van der Waals surface area contributed by atoms with Gasteiger partial charge < -0.3 is 4.74 Å². The average molecular weight is 627 g/mol. The van der Waals surface area contributed by atoms with Crippen molar-refractivity contribution in [1.82, 2.24) is 0 Å². The number of hydrogen-bond donors (Lipinski definition) is 0. The van der Waals surface area contributed by atoms with E-state index < -0.39 is 35.5 Å². The van der Waals surface area contributed by atoms with E-state index >= 15 is 8.78 Å². The molecule has 2 aromatic carbocycles. The van der Waals surface area contributed by atoms with Gasteiger partial charge in [-0.1, -0.05) is 63.8 Å². The Kier molecular flexibility index (Phi) is 10.9. The highest BCUT2D eigenvalue weighted by Crippen LogP contribution is 2.50. The highest BCUT2D eigenvalue weighted by molar-refractivity contribution is 5.25. The summed E-state index contributed by atoms with van der Waals surface area (Å²) in [5.74, 6) is 0.944. The van der Waals surface area contributed by atoms with Crippen LogP contribution in [0.15, 0.2) is 36.4 Å². The maximum Gasteiger partial charge on any atom is 0.164 e. The largest absolute Gasteiger partial charge is 0.365 e. The molecule has 2 unspecified atom stereocenters. The van der Waals surface area contributed by atoms with Crippen LogP contribution in [0, 0.1) is 70.6 Å². The van der Waals surface area contributed by atoms with Crippen molar-refractivity contribution in [3.05, 3.63) is 70.8 Å². The smallest absolute Gasteiger partial charge is 0.164 e. The molecule has 4 aliphatic carbocycles. The first-order valence-electron chi connectivity index (χ1n) is 18.3. The second-order valence-corrected chi connectivity index (χ2v) is 15.7. The lowest BCUT2D eigenvalue weighted by Crippen LogP contribution is -2.32. The Morgan fingerprint density at radius 2 is 0.778 bits per heavy atom. The monoisotopic (exact) mass is 626 g/mol. The molecule has 4 saturated carbocycles. The Morgan fingerprint density at radius 1 is 0.467 bits per heavy atom. The van der Waals surface area contributed by atoms with E-state index in [9.17, 15) is 8.78 Å². The number of benzene rings is 2. The van der Waals surface area contributed by atoms with Gasteiger partial charge in [0.2, 0.25) is 0 Å². The Labute approximate surface area is 268 Å². The molecule has 4 aliphatic rings. The van der Waals surface area contributed by atoms with E-state index in [1.165, 1.54) is 51.4 Å². The molecule has 1 nitrogen and oxygen atoms in total. The summed E-state index contributed by atoms with van der Waals surface area (Å²) >= 11 is 0. The third-order valence-corrected chi connectivity index (χ3v) is 12.8. The molecule has 0 aromatic heterocycles. The molecule has 0 radical (unpaired) electrons. The first-order valence-corrected chi connectivity index (χ1v) is 18.3. The molecule has 0 bridgehead atoms. The van der Waals surface area contributed by atoms with Gasteiger partial charge >= 0.3 is 0 Å². The second kappa shape index (κ2) is 14.9. The fourth-order valence-corrected chi connectivity index (χ4v) is 9.87. The lowest BCUT2D eigenvalue weighted by Gasteiger charge is -2.43. The number of halogens is 4. The molecule has 2 aromatic rings. The Balaban J connectivity index is 1.24. The van der Waals surface area contributed by atoms with Crippen LogP contribution < -0.4 is 0 Å². The molecule has 0 amide bonds. The third-order valence-electron chi connectivity index (χ3n) is 12.8. The topological polar surface area (TPSA) is 9.23 Å². The Morgan fingerprint density at radius 3 is 1.11 bits per heavy atom. The molecule has 5 heteroatoms. The van der Waals surface area contributed by atoms with E-state index in [-0.39, 0.29) is 23.0 Å². The summed E-state index contributed by atoms with van der Waals surface area (Å²) in [6.07, 6.45) is 16.7. The van der Waals surface area contributed by atoms with E-state index in [4.69, 9.17) is 4.74 Å². The van der Waals surface area contributed by atoms with Gasteiger partial charge in [0, 0.05) is 11.1 Å². The van der Waals surface area contributed by atoms with Gasteiger partial charge in [-0.15, -0.1) is 0 Å². The maximum absolute atomic E-state index is 15.5. The van der Waals surface area contributed by atoms with Crippen molar-refractivity contribution in [3.8, 4) is 0 Å². The molecule has 0 aliphatic heterocycles. The molecule has 0 spiro atoms. The van der Waals surface area contributed by atoms with E-state index in [0.29, 0.717) is 11.8 Å². The summed E-state index contributed by atoms with van der Waals surface area (Å²) in [5, 5.41) is 0.